The maximum Gasteiger partial charge on any atom is 0.262 e. The van der Waals surface area contributed by atoms with Crippen LogP contribution in [0.2, 0.25) is 0 Å². The summed E-state index contributed by atoms with van der Waals surface area (Å²) in [6.07, 6.45) is -0.353. The van der Waals surface area contributed by atoms with Gasteiger partial charge in [-0.15, -0.1) is 0 Å². The highest BCUT2D eigenvalue weighted by molar-refractivity contribution is 6.12. The number of anilines is 2. The number of hydrogen-bond acceptors (Lipinski definition) is 4. The Hall–Kier alpha value is -3.78. The molecule has 0 radical (unpaired) electrons. The summed E-state index contributed by atoms with van der Waals surface area (Å²) >= 11 is 0. The first-order chi connectivity index (χ1) is 13.7. The van der Waals surface area contributed by atoms with Crippen LogP contribution in [0.5, 0.6) is 5.75 Å². The van der Waals surface area contributed by atoms with Gasteiger partial charge in [0.25, 0.3) is 5.91 Å². The molecule has 1 aliphatic heterocycles. The predicted octanol–water partition coefficient (Wildman–Crippen LogP) is 4.67. The SMILES string of the molecule is Cc1cccc(N2C(=O)c3ccccc3N[C@H]2c2ccc(OCC#N)cc2)c1. The summed E-state index contributed by atoms with van der Waals surface area (Å²) in [5.74, 6) is 0.574. The topological polar surface area (TPSA) is 65.4 Å². The number of carbonyl (C=O) groups excluding carboxylic acids is 1. The molecule has 0 aliphatic carbocycles. The molecule has 1 amide bonds. The number of para-hydroxylation sites is 1. The van der Waals surface area contributed by atoms with Crippen LogP contribution in [0.1, 0.15) is 27.7 Å². The van der Waals surface area contributed by atoms with Gasteiger partial charge in [0.15, 0.2) is 6.61 Å². The maximum atomic E-state index is 13.3. The molecule has 0 spiro atoms. The number of carbonyl (C=O) groups is 1. The van der Waals surface area contributed by atoms with Crippen LogP contribution in [0.3, 0.4) is 0 Å². The zero-order chi connectivity index (χ0) is 19.5. The van der Waals surface area contributed by atoms with Gasteiger partial charge in [-0.1, -0.05) is 36.4 Å². The number of nitriles is 1. The van der Waals surface area contributed by atoms with Crippen LogP contribution < -0.4 is 15.0 Å². The fourth-order valence-corrected chi connectivity index (χ4v) is 3.39. The smallest absolute Gasteiger partial charge is 0.262 e. The van der Waals surface area contributed by atoms with E-state index in [1.54, 1.807) is 4.90 Å². The molecule has 3 aromatic carbocycles. The van der Waals surface area contributed by atoms with Crippen LogP contribution >= 0.6 is 0 Å². The Morgan fingerprint density at radius 3 is 2.61 bits per heavy atom. The number of nitrogens with one attached hydrogen (secondary N) is 1. The van der Waals surface area contributed by atoms with E-state index in [4.69, 9.17) is 10.00 Å². The first-order valence-electron chi connectivity index (χ1n) is 9.03. The van der Waals surface area contributed by atoms with E-state index in [-0.39, 0.29) is 18.7 Å². The fourth-order valence-electron chi connectivity index (χ4n) is 3.39. The van der Waals surface area contributed by atoms with Crippen molar-refractivity contribution in [3.63, 3.8) is 0 Å². The molecule has 1 aliphatic rings. The van der Waals surface area contributed by atoms with Gasteiger partial charge in [-0.2, -0.15) is 5.26 Å². The van der Waals surface area contributed by atoms with Crippen LogP contribution in [0.25, 0.3) is 0 Å². The van der Waals surface area contributed by atoms with Gasteiger partial charge in [-0.25, -0.2) is 0 Å². The summed E-state index contributed by atoms with van der Waals surface area (Å²) in [5, 5.41) is 12.1. The molecule has 0 aromatic heterocycles. The van der Waals surface area contributed by atoms with Gasteiger partial charge in [0, 0.05) is 11.4 Å². The molecule has 0 bridgehead atoms. The van der Waals surface area contributed by atoms with Crippen molar-refractivity contribution >= 4 is 17.3 Å². The zero-order valence-corrected chi connectivity index (χ0v) is 15.4. The third kappa shape index (κ3) is 3.28. The van der Waals surface area contributed by atoms with Crippen molar-refractivity contribution in [2.45, 2.75) is 13.1 Å². The predicted molar refractivity (Wildman–Crippen MR) is 108 cm³/mol. The van der Waals surface area contributed by atoms with Gasteiger partial charge in [-0.3, -0.25) is 9.69 Å². The number of aryl methyl sites for hydroxylation is 1. The van der Waals surface area contributed by atoms with E-state index in [2.05, 4.69) is 5.32 Å². The second kappa shape index (κ2) is 7.45. The largest absolute Gasteiger partial charge is 0.479 e. The summed E-state index contributed by atoms with van der Waals surface area (Å²) in [6, 6.07) is 24.8. The Morgan fingerprint density at radius 2 is 1.86 bits per heavy atom. The van der Waals surface area contributed by atoms with Gasteiger partial charge in [0.1, 0.15) is 18.0 Å². The van der Waals surface area contributed by atoms with E-state index in [1.165, 1.54) is 0 Å². The maximum absolute atomic E-state index is 13.3. The number of benzene rings is 3. The lowest BCUT2D eigenvalue weighted by Crippen LogP contribution is -2.43. The standard InChI is InChI=1S/C23H19N3O2/c1-16-5-4-6-18(15-16)26-22(17-9-11-19(12-10-17)28-14-13-24)25-21-8-3-2-7-20(21)23(26)27/h2-12,15,22,25H,14H2,1H3/t22-/m1/s1. The molecule has 1 N–H and O–H groups in total. The molecule has 28 heavy (non-hydrogen) atoms. The van der Waals surface area contributed by atoms with Gasteiger partial charge < -0.3 is 10.1 Å². The fraction of sp³-hybridized carbons (Fsp3) is 0.130. The Kier molecular flexibility index (Phi) is 4.69. The number of hydrogen-bond donors (Lipinski definition) is 1. The quantitative estimate of drug-likeness (QED) is 0.726. The first-order valence-corrected chi connectivity index (χ1v) is 9.03. The van der Waals surface area contributed by atoms with Crippen molar-refractivity contribution in [1.29, 1.82) is 5.26 Å². The van der Waals surface area contributed by atoms with Crippen LogP contribution in [0, 0.1) is 18.3 Å². The van der Waals surface area contributed by atoms with Crippen LogP contribution in [-0.2, 0) is 0 Å². The average Bonchev–Trinajstić information content (AvgIpc) is 2.72. The summed E-state index contributed by atoms with van der Waals surface area (Å²) < 4.78 is 5.34. The molecular weight excluding hydrogens is 350 g/mol. The average molecular weight is 369 g/mol. The number of amides is 1. The molecule has 5 heteroatoms. The third-order valence-electron chi connectivity index (χ3n) is 4.71. The molecule has 138 valence electrons. The summed E-state index contributed by atoms with van der Waals surface area (Å²) in [6.45, 7) is 2.01. The van der Waals surface area contributed by atoms with Crippen molar-refractivity contribution in [3.05, 3.63) is 89.5 Å². The number of rotatable bonds is 4. The second-order valence-corrected chi connectivity index (χ2v) is 6.62. The highest BCUT2D eigenvalue weighted by Crippen LogP contribution is 2.37. The lowest BCUT2D eigenvalue weighted by atomic mass is 10.0. The molecule has 0 unspecified atom stereocenters. The molecule has 5 nitrogen and oxygen atoms in total. The molecule has 1 heterocycles. The highest BCUT2D eigenvalue weighted by atomic mass is 16.5. The highest BCUT2D eigenvalue weighted by Gasteiger charge is 2.33. The van der Waals surface area contributed by atoms with E-state index < -0.39 is 0 Å². The van der Waals surface area contributed by atoms with Crippen LogP contribution in [0.4, 0.5) is 11.4 Å². The van der Waals surface area contributed by atoms with E-state index in [0.29, 0.717) is 11.3 Å². The van der Waals surface area contributed by atoms with Crippen LogP contribution in [-0.4, -0.2) is 12.5 Å². The molecule has 1 atom stereocenters. The van der Waals surface area contributed by atoms with Crippen molar-refractivity contribution in [3.8, 4) is 11.8 Å². The van der Waals surface area contributed by atoms with Gasteiger partial charge in [-0.05, 0) is 54.4 Å². The Balaban J connectivity index is 1.76. The lowest BCUT2D eigenvalue weighted by Gasteiger charge is -2.38. The van der Waals surface area contributed by atoms with Crippen molar-refractivity contribution < 1.29 is 9.53 Å². The molecule has 0 saturated heterocycles. The van der Waals surface area contributed by atoms with Crippen LogP contribution in [0.15, 0.2) is 72.8 Å². The first kappa shape index (κ1) is 17.6. The number of nitrogens with zero attached hydrogens (tertiary/aromatic N) is 2. The summed E-state index contributed by atoms with van der Waals surface area (Å²) in [4.78, 5) is 15.1. The Morgan fingerprint density at radius 1 is 1.07 bits per heavy atom. The Bertz CT molecular complexity index is 1050. The minimum atomic E-state index is -0.353. The van der Waals surface area contributed by atoms with E-state index in [9.17, 15) is 4.79 Å². The number of fused-ring (bicyclic) bond motifs is 1. The Labute approximate surface area is 163 Å². The zero-order valence-electron chi connectivity index (χ0n) is 15.4. The number of ether oxygens (including phenoxy) is 1. The lowest BCUT2D eigenvalue weighted by molar-refractivity contribution is 0.0975. The monoisotopic (exact) mass is 369 g/mol. The van der Waals surface area contributed by atoms with Crippen molar-refractivity contribution in [2.75, 3.05) is 16.8 Å². The van der Waals surface area contributed by atoms with Crippen molar-refractivity contribution in [2.24, 2.45) is 0 Å². The minimum absolute atomic E-state index is 0.00229. The van der Waals surface area contributed by atoms with Crippen molar-refractivity contribution in [1.82, 2.24) is 0 Å². The van der Waals surface area contributed by atoms with E-state index in [1.807, 2.05) is 85.8 Å². The van der Waals surface area contributed by atoms with Gasteiger partial charge in [0.05, 0.1) is 5.56 Å². The normalized spacial score (nSPS) is 15.4. The third-order valence-corrected chi connectivity index (χ3v) is 4.71. The molecule has 3 aromatic rings. The minimum Gasteiger partial charge on any atom is -0.479 e. The summed E-state index contributed by atoms with van der Waals surface area (Å²) in [7, 11) is 0. The van der Waals surface area contributed by atoms with Gasteiger partial charge in [0.2, 0.25) is 0 Å². The molecular formula is C23H19N3O2. The second-order valence-electron chi connectivity index (χ2n) is 6.62. The van der Waals surface area contributed by atoms with E-state index >= 15 is 0 Å². The molecule has 4 rings (SSSR count). The summed E-state index contributed by atoms with van der Waals surface area (Å²) in [5.41, 5.74) is 4.30. The van der Waals surface area contributed by atoms with E-state index in [0.717, 1.165) is 22.5 Å². The molecule has 0 saturated carbocycles. The van der Waals surface area contributed by atoms with Gasteiger partial charge >= 0.3 is 0 Å². The molecule has 0 fully saturated rings.